The first-order chi connectivity index (χ1) is 8.29. The molecule has 0 bridgehead atoms. The smallest absolute Gasteiger partial charge is 0.101 e. The fraction of sp³-hybridized carbons (Fsp3) is 0.0714. The quantitative estimate of drug-likeness (QED) is 0.928. The van der Waals surface area contributed by atoms with Crippen molar-refractivity contribution in [3.8, 4) is 6.07 Å². The van der Waals surface area contributed by atoms with Gasteiger partial charge in [-0.15, -0.1) is 0 Å². The van der Waals surface area contributed by atoms with Crippen LogP contribution in [-0.4, -0.2) is 0 Å². The third-order valence-corrected chi connectivity index (χ3v) is 2.92. The van der Waals surface area contributed by atoms with Gasteiger partial charge in [-0.1, -0.05) is 46.3 Å². The summed E-state index contributed by atoms with van der Waals surface area (Å²) in [6.07, 6.45) is 0. The van der Waals surface area contributed by atoms with Crippen molar-refractivity contribution in [2.75, 3.05) is 5.32 Å². The van der Waals surface area contributed by atoms with Gasteiger partial charge in [0.25, 0.3) is 0 Å². The molecule has 0 heterocycles. The minimum Gasteiger partial charge on any atom is -0.380 e. The highest BCUT2D eigenvalue weighted by molar-refractivity contribution is 9.10. The van der Waals surface area contributed by atoms with E-state index in [1.54, 1.807) is 0 Å². The molecule has 17 heavy (non-hydrogen) atoms. The molecule has 0 atom stereocenters. The van der Waals surface area contributed by atoms with E-state index < -0.39 is 0 Å². The van der Waals surface area contributed by atoms with E-state index in [9.17, 15) is 0 Å². The number of halogens is 1. The second-order valence-electron chi connectivity index (χ2n) is 3.64. The summed E-state index contributed by atoms with van der Waals surface area (Å²) in [4.78, 5) is 0. The van der Waals surface area contributed by atoms with Crippen LogP contribution in [0.2, 0.25) is 0 Å². The molecule has 0 radical (unpaired) electrons. The van der Waals surface area contributed by atoms with Crippen molar-refractivity contribution in [1.29, 1.82) is 5.26 Å². The van der Waals surface area contributed by atoms with Crippen molar-refractivity contribution in [1.82, 2.24) is 0 Å². The standard InChI is InChI=1S/C14H11BrN2/c15-13-6-7-14(12(8-13)9-16)17-10-11-4-2-1-3-5-11/h1-8,17H,10H2. The van der Waals surface area contributed by atoms with Gasteiger partial charge in [0.1, 0.15) is 6.07 Å². The molecule has 1 N–H and O–H groups in total. The Morgan fingerprint density at radius 2 is 1.88 bits per heavy atom. The molecule has 0 aliphatic carbocycles. The molecule has 0 aliphatic heterocycles. The van der Waals surface area contributed by atoms with Gasteiger partial charge in [-0.25, -0.2) is 0 Å². The minimum absolute atomic E-state index is 0.648. The van der Waals surface area contributed by atoms with Gasteiger partial charge in [-0.05, 0) is 23.8 Å². The molecule has 84 valence electrons. The maximum Gasteiger partial charge on any atom is 0.101 e. The van der Waals surface area contributed by atoms with Gasteiger partial charge in [0.05, 0.1) is 11.3 Å². The molecule has 3 heteroatoms. The Labute approximate surface area is 109 Å². The van der Waals surface area contributed by atoms with Gasteiger partial charge in [0, 0.05) is 11.0 Å². The SMILES string of the molecule is N#Cc1cc(Br)ccc1NCc1ccccc1. The van der Waals surface area contributed by atoms with E-state index in [0.29, 0.717) is 5.56 Å². The number of rotatable bonds is 3. The Hall–Kier alpha value is -1.79. The number of nitrogens with zero attached hydrogens (tertiary/aromatic N) is 1. The van der Waals surface area contributed by atoms with Crippen molar-refractivity contribution in [3.63, 3.8) is 0 Å². The van der Waals surface area contributed by atoms with Gasteiger partial charge in [-0.3, -0.25) is 0 Å². The van der Waals surface area contributed by atoms with Crippen molar-refractivity contribution in [2.24, 2.45) is 0 Å². The number of anilines is 1. The van der Waals surface area contributed by atoms with E-state index >= 15 is 0 Å². The second kappa shape index (κ2) is 5.51. The first-order valence-corrected chi connectivity index (χ1v) is 6.06. The average Bonchev–Trinajstić information content (AvgIpc) is 2.38. The summed E-state index contributed by atoms with van der Waals surface area (Å²) in [6.45, 7) is 0.719. The fourth-order valence-corrected chi connectivity index (χ4v) is 1.92. The van der Waals surface area contributed by atoms with Gasteiger partial charge >= 0.3 is 0 Å². The van der Waals surface area contributed by atoms with Crippen LogP contribution < -0.4 is 5.32 Å². The zero-order valence-electron chi connectivity index (χ0n) is 9.15. The lowest BCUT2D eigenvalue weighted by Crippen LogP contribution is -2.00. The van der Waals surface area contributed by atoms with Crippen LogP contribution >= 0.6 is 15.9 Å². The van der Waals surface area contributed by atoms with E-state index in [1.165, 1.54) is 5.56 Å². The van der Waals surface area contributed by atoms with Crippen molar-refractivity contribution < 1.29 is 0 Å². The van der Waals surface area contributed by atoms with Crippen LogP contribution in [-0.2, 0) is 6.54 Å². The molecule has 2 rings (SSSR count). The van der Waals surface area contributed by atoms with E-state index in [0.717, 1.165) is 16.7 Å². The van der Waals surface area contributed by atoms with Crippen LogP contribution in [0.5, 0.6) is 0 Å². The van der Waals surface area contributed by atoms with Crippen LogP contribution in [0.15, 0.2) is 53.0 Å². The zero-order chi connectivity index (χ0) is 12.1. The van der Waals surface area contributed by atoms with Gasteiger partial charge in [0.15, 0.2) is 0 Å². The Balaban J connectivity index is 2.12. The predicted octanol–water partition coefficient (Wildman–Crippen LogP) is 3.93. The number of nitriles is 1. The molecule has 0 spiro atoms. The van der Waals surface area contributed by atoms with Crippen LogP contribution in [0.25, 0.3) is 0 Å². The Bertz CT molecular complexity index is 544. The maximum absolute atomic E-state index is 9.03. The van der Waals surface area contributed by atoms with Crippen LogP contribution in [0, 0.1) is 11.3 Å². The number of hydrogen-bond acceptors (Lipinski definition) is 2. The van der Waals surface area contributed by atoms with E-state index in [-0.39, 0.29) is 0 Å². The zero-order valence-corrected chi connectivity index (χ0v) is 10.7. The lowest BCUT2D eigenvalue weighted by Gasteiger charge is -2.08. The molecule has 0 unspecified atom stereocenters. The first-order valence-electron chi connectivity index (χ1n) is 5.27. The highest BCUT2D eigenvalue weighted by Gasteiger charge is 2.02. The lowest BCUT2D eigenvalue weighted by molar-refractivity contribution is 1.15. The van der Waals surface area contributed by atoms with Crippen LogP contribution in [0.4, 0.5) is 5.69 Å². The summed E-state index contributed by atoms with van der Waals surface area (Å²) >= 11 is 3.35. The van der Waals surface area contributed by atoms with E-state index in [4.69, 9.17) is 5.26 Å². The topological polar surface area (TPSA) is 35.8 Å². The summed E-state index contributed by atoms with van der Waals surface area (Å²) in [6, 6.07) is 17.9. The third-order valence-electron chi connectivity index (χ3n) is 2.43. The predicted molar refractivity (Wildman–Crippen MR) is 72.6 cm³/mol. The number of hydrogen-bond donors (Lipinski definition) is 1. The molecule has 0 amide bonds. The highest BCUT2D eigenvalue weighted by Crippen LogP contribution is 2.20. The molecule has 2 aromatic rings. The fourth-order valence-electron chi connectivity index (χ4n) is 1.56. The van der Waals surface area contributed by atoms with E-state index in [2.05, 4.69) is 39.4 Å². The molecule has 0 saturated heterocycles. The Morgan fingerprint density at radius 1 is 1.12 bits per heavy atom. The largest absolute Gasteiger partial charge is 0.380 e. The normalized spacial score (nSPS) is 9.65. The third kappa shape index (κ3) is 3.08. The summed E-state index contributed by atoms with van der Waals surface area (Å²) in [7, 11) is 0. The van der Waals surface area contributed by atoms with Gasteiger partial charge in [0.2, 0.25) is 0 Å². The van der Waals surface area contributed by atoms with Gasteiger partial charge < -0.3 is 5.32 Å². The molecular formula is C14H11BrN2. The highest BCUT2D eigenvalue weighted by atomic mass is 79.9. The monoisotopic (exact) mass is 286 g/mol. The van der Waals surface area contributed by atoms with Crippen molar-refractivity contribution in [2.45, 2.75) is 6.54 Å². The lowest BCUT2D eigenvalue weighted by atomic mass is 10.1. The van der Waals surface area contributed by atoms with E-state index in [1.807, 2.05) is 36.4 Å². The summed E-state index contributed by atoms with van der Waals surface area (Å²) in [5.74, 6) is 0. The molecule has 2 nitrogen and oxygen atoms in total. The molecule has 2 aromatic carbocycles. The molecule has 0 fully saturated rings. The first kappa shape index (κ1) is 11.7. The summed E-state index contributed by atoms with van der Waals surface area (Å²) < 4.78 is 0.916. The molecule has 0 aromatic heterocycles. The van der Waals surface area contributed by atoms with Crippen molar-refractivity contribution >= 4 is 21.6 Å². The average molecular weight is 287 g/mol. The second-order valence-corrected chi connectivity index (χ2v) is 4.56. The van der Waals surface area contributed by atoms with Gasteiger partial charge in [-0.2, -0.15) is 5.26 Å². The molecular weight excluding hydrogens is 276 g/mol. The molecule has 0 aliphatic rings. The number of benzene rings is 2. The van der Waals surface area contributed by atoms with Crippen LogP contribution in [0.3, 0.4) is 0 Å². The number of nitrogens with one attached hydrogen (secondary N) is 1. The van der Waals surface area contributed by atoms with Crippen molar-refractivity contribution in [3.05, 3.63) is 64.1 Å². The Kier molecular flexibility index (Phi) is 3.79. The Morgan fingerprint density at radius 3 is 2.59 bits per heavy atom. The van der Waals surface area contributed by atoms with Crippen LogP contribution in [0.1, 0.15) is 11.1 Å². The molecule has 0 saturated carbocycles. The summed E-state index contributed by atoms with van der Waals surface area (Å²) in [5.41, 5.74) is 2.70. The summed E-state index contributed by atoms with van der Waals surface area (Å²) in [5, 5.41) is 12.3. The minimum atomic E-state index is 0.648. The maximum atomic E-state index is 9.03.